The van der Waals surface area contributed by atoms with Gasteiger partial charge in [0, 0.05) is 4.43 Å². The maximum atomic E-state index is 10.9. The summed E-state index contributed by atoms with van der Waals surface area (Å²) in [6.45, 7) is 12.4. The highest BCUT2D eigenvalue weighted by molar-refractivity contribution is 14.1. The molecule has 0 atom stereocenters. The van der Waals surface area contributed by atoms with Gasteiger partial charge in [0.05, 0.1) is 172 Å². The number of alkyl halides is 1. The van der Waals surface area contributed by atoms with Crippen molar-refractivity contribution in [2.24, 2.45) is 0 Å². The van der Waals surface area contributed by atoms with Crippen LogP contribution in [0.15, 0.2) is 0 Å². The van der Waals surface area contributed by atoms with Crippen LogP contribution in [0.3, 0.4) is 0 Å². The van der Waals surface area contributed by atoms with Crippen LogP contribution in [0.4, 0.5) is 0 Å². The van der Waals surface area contributed by atoms with Crippen molar-refractivity contribution >= 4 is 28.6 Å². The minimum atomic E-state index is -0.285. The van der Waals surface area contributed by atoms with Crippen LogP contribution in [0.1, 0.15) is 6.42 Å². The molecule has 0 aliphatic carbocycles. The summed E-state index contributed by atoms with van der Waals surface area (Å²) in [7, 11) is 1.35. The summed E-state index contributed by atoms with van der Waals surface area (Å²) in [6, 6.07) is 0. The summed E-state index contributed by atoms with van der Waals surface area (Å²) >= 11 is 2.27. The lowest BCUT2D eigenvalue weighted by molar-refractivity contribution is -0.141. The normalized spacial score (nSPS) is 11.4. The second kappa shape index (κ2) is 39.7. The van der Waals surface area contributed by atoms with E-state index in [1.165, 1.54) is 7.11 Å². The van der Waals surface area contributed by atoms with Crippen molar-refractivity contribution in [3.05, 3.63) is 0 Å². The molecular weight excluding hydrogens is 687 g/mol. The number of hydrogen-bond acceptors (Lipinski definition) is 14. The van der Waals surface area contributed by atoms with E-state index >= 15 is 0 Å². The highest BCUT2D eigenvalue weighted by atomic mass is 127. The minimum Gasteiger partial charge on any atom is -0.469 e. The zero-order chi connectivity index (χ0) is 31.2. The van der Waals surface area contributed by atoms with Gasteiger partial charge in [-0.15, -0.1) is 0 Å². The summed E-state index contributed by atoms with van der Waals surface area (Å²) in [4.78, 5) is 10.9. The van der Waals surface area contributed by atoms with Crippen LogP contribution in [0.25, 0.3) is 0 Å². The van der Waals surface area contributed by atoms with E-state index in [1.54, 1.807) is 0 Å². The van der Waals surface area contributed by atoms with Crippen LogP contribution in [0.2, 0.25) is 0 Å². The molecule has 0 aromatic carbocycles. The third-order valence-electron chi connectivity index (χ3n) is 4.99. The van der Waals surface area contributed by atoms with Crippen LogP contribution in [-0.2, 0) is 66.4 Å². The molecule has 0 radical (unpaired) electrons. The lowest BCUT2D eigenvalue weighted by Gasteiger charge is -2.09. The average molecular weight is 743 g/mol. The first-order valence-corrected chi connectivity index (χ1v) is 16.4. The van der Waals surface area contributed by atoms with Gasteiger partial charge in [0.25, 0.3) is 0 Å². The molecule has 0 spiro atoms. The predicted molar refractivity (Wildman–Crippen MR) is 165 cm³/mol. The second-order valence-electron chi connectivity index (χ2n) is 8.36. The monoisotopic (exact) mass is 742 g/mol. The van der Waals surface area contributed by atoms with Crippen molar-refractivity contribution in [3.63, 3.8) is 0 Å². The van der Waals surface area contributed by atoms with Gasteiger partial charge in [-0.1, -0.05) is 22.6 Å². The highest BCUT2D eigenvalue weighted by Gasteiger charge is 1.99. The van der Waals surface area contributed by atoms with Gasteiger partial charge in [-0.05, 0) is 0 Å². The Hall–Kier alpha value is -0.280. The summed E-state index contributed by atoms with van der Waals surface area (Å²) in [5.41, 5.74) is 0. The molecule has 0 unspecified atom stereocenters. The summed E-state index contributed by atoms with van der Waals surface area (Å²) < 4.78 is 70.4. The maximum Gasteiger partial charge on any atom is 0.307 e. The zero-order valence-corrected chi connectivity index (χ0v) is 28.1. The quantitative estimate of drug-likeness (QED) is 0.0388. The van der Waals surface area contributed by atoms with E-state index < -0.39 is 0 Å². The molecule has 0 rings (SSSR count). The van der Waals surface area contributed by atoms with Gasteiger partial charge in [0.1, 0.15) is 0 Å². The number of rotatable bonds is 38. The Kier molecular flexibility index (Phi) is 39.5. The number of carbonyl (C=O) groups is 1. The fraction of sp³-hybridized carbons (Fsp3) is 0.964. The molecule has 0 aliphatic rings. The molecule has 0 aromatic rings. The lowest BCUT2D eigenvalue weighted by atomic mass is 10.5. The fourth-order valence-electron chi connectivity index (χ4n) is 2.83. The van der Waals surface area contributed by atoms with Crippen molar-refractivity contribution in [2.45, 2.75) is 6.42 Å². The molecule has 0 fully saturated rings. The molecule has 0 heterocycles. The molecule has 15 heteroatoms. The maximum absolute atomic E-state index is 10.9. The van der Waals surface area contributed by atoms with Crippen molar-refractivity contribution in [2.75, 3.05) is 170 Å². The Balaban J connectivity index is 3.04. The van der Waals surface area contributed by atoms with Gasteiger partial charge in [0.15, 0.2) is 0 Å². The number of esters is 1. The van der Waals surface area contributed by atoms with Crippen molar-refractivity contribution in [1.29, 1.82) is 0 Å². The van der Waals surface area contributed by atoms with Gasteiger partial charge in [0.2, 0.25) is 0 Å². The molecule has 14 nitrogen and oxygen atoms in total. The summed E-state index contributed by atoms with van der Waals surface area (Å²) in [5.74, 6) is -0.285. The standard InChI is InChI=1S/C28H55IO14/c1-31-28(30)2-4-32-6-8-34-10-12-36-14-16-38-18-20-40-22-24-42-26-27-43-25-23-41-21-19-39-17-15-37-13-11-35-9-7-33-5-3-29/h2-27H2,1H3. The fourth-order valence-corrected chi connectivity index (χ4v) is 3.14. The first kappa shape index (κ1) is 42.7. The van der Waals surface area contributed by atoms with E-state index in [0.717, 1.165) is 11.0 Å². The van der Waals surface area contributed by atoms with E-state index in [9.17, 15) is 4.79 Å². The zero-order valence-electron chi connectivity index (χ0n) is 26.0. The van der Waals surface area contributed by atoms with Crippen molar-refractivity contribution in [3.8, 4) is 0 Å². The van der Waals surface area contributed by atoms with Crippen LogP contribution < -0.4 is 0 Å². The Morgan fingerprint density at radius 1 is 0.349 bits per heavy atom. The predicted octanol–water partition coefficient (Wildman–Crippen LogP) is 1.18. The van der Waals surface area contributed by atoms with Crippen molar-refractivity contribution in [1.82, 2.24) is 0 Å². The molecule has 0 bridgehead atoms. The Bertz CT molecular complexity index is 536. The molecule has 0 aliphatic heterocycles. The Labute approximate surface area is 270 Å². The topological polar surface area (TPSA) is 137 Å². The molecule has 0 saturated heterocycles. The van der Waals surface area contributed by atoms with E-state index in [4.69, 9.17) is 56.8 Å². The van der Waals surface area contributed by atoms with Gasteiger partial charge in [-0.25, -0.2) is 0 Å². The first-order chi connectivity index (χ1) is 21.3. The highest BCUT2D eigenvalue weighted by Crippen LogP contribution is 1.89. The van der Waals surface area contributed by atoms with E-state index in [0.29, 0.717) is 152 Å². The van der Waals surface area contributed by atoms with Gasteiger partial charge in [-0.3, -0.25) is 4.79 Å². The third kappa shape index (κ3) is 39.7. The number of halogens is 1. The largest absolute Gasteiger partial charge is 0.469 e. The molecule has 258 valence electrons. The molecule has 0 amide bonds. The van der Waals surface area contributed by atoms with Crippen LogP contribution >= 0.6 is 22.6 Å². The second-order valence-corrected chi connectivity index (χ2v) is 9.44. The molecule has 0 N–H and O–H groups in total. The number of methoxy groups -OCH3 is 1. The van der Waals surface area contributed by atoms with Crippen LogP contribution in [0, 0.1) is 0 Å². The molecule has 0 saturated carbocycles. The van der Waals surface area contributed by atoms with E-state index in [-0.39, 0.29) is 12.4 Å². The third-order valence-corrected chi connectivity index (χ3v) is 5.43. The number of hydrogen-bond donors (Lipinski definition) is 0. The van der Waals surface area contributed by atoms with Gasteiger partial charge < -0.3 is 61.6 Å². The van der Waals surface area contributed by atoms with Crippen LogP contribution in [-0.4, -0.2) is 176 Å². The summed E-state index contributed by atoms with van der Waals surface area (Å²) in [6.07, 6.45) is 0.246. The van der Waals surface area contributed by atoms with Gasteiger partial charge in [-0.2, -0.15) is 0 Å². The minimum absolute atomic E-state index is 0.246. The SMILES string of the molecule is COC(=O)CCOCCOCCOCCOCCOCCOCCOCCOCCOCCOCCOCCOCCI. The first-order valence-electron chi connectivity index (χ1n) is 14.9. The molecule has 43 heavy (non-hydrogen) atoms. The van der Waals surface area contributed by atoms with Crippen LogP contribution in [0.5, 0.6) is 0 Å². The van der Waals surface area contributed by atoms with Crippen molar-refractivity contribution < 1.29 is 66.4 Å². The average Bonchev–Trinajstić information content (AvgIpc) is 3.02. The molecular formula is C28H55IO14. The smallest absolute Gasteiger partial charge is 0.307 e. The summed E-state index contributed by atoms with van der Waals surface area (Å²) in [5, 5.41) is 0. The lowest BCUT2D eigenvalue weighted by Crippen LogP contribution is -2.15. The van der Waals surface area contributed by atoms with Gasteiger partial charge >= 0.3 is 5.97 Å². The Morgan fingerprint density at radius 2 is 0.535 bits per heavy atom. The Morgan fingerprint density at radius 3 is 0.721 bits per heavy atom. The molecule has 0 aromatic heterocycles. The number of carbonyl (C=O) groups excluding carboxylic acids is 1. The van der Waals surface area contributed by atoms with E-state index in [2.05, 4.69) is 27.3 Å². The van der Waals surface area contributed by atoms with E-state index in [1.807, 2.05) is 0 Å². The number of ether oxygens (including phenoxy) is 13.